The van der Waals surface area contributed by atoms with Gasteiger partial charge in [0.15, 0.2) is 0 Å². The molecule has 172 valence electrons. The summed E-state index contributed by atoms with van der Waals surface area (Å²) in [6.07, 6.45) is 1.47. The minimum Gasteiger partial charge on any atom is -0.446 e. The molecule has 4 heterocycles. The number of halogens is 2. The number of rotatable bonds is 3. The highest BCUT2D eigenvalue weighted by Gasteiger charge is 2.48. The number of aryl methyl sites for hydroxylation is 2. The van der Waals surface area contributed by atoms with Crippen molar-refractivity contribution in [2.45, 2.75) is 31.8 Å². The summed E-state index contributed by atoms with van der Waals surface area (Å²) in [6.45, 7) is 3.71. The summed E-state index contributed by atoms with van der Waals surface area (Å²) in [5, 5.41) is 10.7. The van der Waals surface area contributed by atoms with E-state index in [-0.39, 0.29) is 0 Å². The van der Waals surface area contributed by atoms with Crippen LogP contribution in [0.25, 0.3) is 22.4 Å². The first kappa shape index (κ1) is 21.2. The number of nitriles is 1. The number of carbonyl (C=O) groups is 1. The van der Waals surface area contributed by atoms with Gasteiger partial charge in [-0.15, -0.1) is 0 Å². The molecule has 3 aromatic heterocycles. The van der Waals surface area contributed by atoms with Crippen molar-refractivity contribution in [1.82, 2.24) is 24.4 Å². The lowest BCUT2D eigenvalue weighted by Crippen LogP contribution is -2.51. The van der Waals surface area contributed by atoms with Gasteiger partial charge in [0.1, 0.15) is 29.3 Å². The van der Waals surface area contributed by atoms with Crippen molar-refractivity contribution in [3.8, 4) is 17.5 Å². The number of alkyl halides is 2. The number of amides is 1. The molecule has 0 atom stereocenters. The van der Waals surface area contributed by atoms with E-state index in [1.807, 2.05) is 30.8 Å². The summed E-state index contributed by atoms with van der Waals surface area (Å²) in [6, 6.07) is 4.16. The smallest absolute Gasteiger partial charge is 0.410 e. The molecule has 1 N–H and O–H groups in total. The van der Waals surface area contributed by atoms with Crippen LogP contribution in [0.3, 0.4) is 0 Å². The predicted molar refractivity (Wildman–Crippen MR) is 116 cm³/mol. The molecule has 3 aromatic rings. The number of hydrogen-bond acceptors (Lipinski definition) is 6. The molecule has 2 aliphatic rings. The Labute approximate surface area is 188 Å². The first-order chi connectivity index (χ1) is 15.8. The van der Waals surface area contributed by atoms with Crippen LogP contribution in [0.1, 0.15) is 24.2 Å². The highest BCUT2D eigenvalue weighted by Crippen LogP contribution is 2.40. The third-order valence-corrected chi connectivity index (χ3v) is 6.35. The molecule has 33 heavy (non-hydrogen) atoms. The number of fused-ring (bicyclic) bond motifs is 1. The van der Waals surface area contributed by atoms with Gasteiger partial charge in [-0.2, -0.15) is 5.26 Å². The number of pyridine rings is 1. The van der Waals surface area contributed by atoms with Gasteiger partial charge < -0.3 is 24.1 Å². The van der Waals surface area contributed by atoms with Gasteiger partial charge in [0, 0.05) is 58.5 Å². The van der Waals surface area contributed by atoms with E-state index in [1.165, 1.54) is 4.90 Å². The lowest BCUT2D eigenvalue weighted by atomic mass is 9.91. The molecule has 1 saturated heterocycles. The molecule has 11 heteroatoms. The fraction of sp³-hybridized carbons (Fsp3) is 0.455. The van der Waals surface area contributed by atoms with Crippen LogP contribution in [0.5, 0.6) is 0 Å². The number of aromatic nitrogens is 4. The van der Waals surface area contributed by atoms with Gasteiger partial charge in [0.2, 0.25) is 0 Å². The van der Waals surface area contributed by atoms with Crippen molar-refractivity contribution in [2.24, 2.45) is 7.05 Å². The Balaban J connectivity index is 1.35. The highest BCUT2D eigenvalue weighted by molar-refractivity contribution is 5.99. The van der Waals surface area contributed by atoms with Crippen molar-refractivity contribution in [3.63, 3.8) is 0 Å². The molecule has 5 rings (SSSR count). The van der Waals surface area contributed by atoms with Gasteiger partial charge >= 0.3 is 6.09 Å². The number of ether oxygens (including phenoxy) is 1. The number of H-pyrrole nitrogens is 1. The molecule has 2 fully saturated rings. The van der Waals surface area contributed by atoms with Gasteiger partial charge in [-0.3, -0.25) is 0 Å². The fourth-order valence-electron chi connectivity index (χ4n) is 4.38. The van der Waals surface area contributed by atoms with Crippen LogP contribution in [0.4, 0.5) is 19.3 Å². The van der Waals surface area contributed by atoms with Crippen molar-refractivity contribution in [1.29, 1.82) is 5.26 Å². The molecule has 0 radical (unpaired) electrons. The zero-order chi connectivity index (χ0) is 23.3. The van der Waals surface area contributed by atoms with Crippen LogP contribution >= 0.6 is 0 Å². The Kier molecular flexibility index (Phi) is 4.96. The topological polar surface area (TPSA) is 103 Å². The van der Waals surface area contributed by atoms with Crippen molar-refractivity contribution >= 4 is 22.8 Å². The van der Waals surface area contributed by atoms with Gasteiger partial charge in [-0.05, 0) is 13.0 Å². The second kappa shape index (κ2) is 7.72. The van der Waals surface area contributed by atoms with Gasteiger partial charge in [-0.1, -0.05) is 0 Å². The van der Waals surface area contributed by atoms with Crippen LogP contribution in [0, 0.1) is 18.3 Å². The van der Waals surface area contributed by atoms with E-state index in [0.29, 0.717) is 54.2 Å². The summed E-state index contributed by atoms with van der Waals surface area (Å²) in [5.41, 5.74) is 3.20. The number of aromatic amines is 1. The average molecular weight is 455 g/mol. The third-order valence-electron chi connectivity index (χ3n) is 6.35. The Bertz CT molecular complexity index is 1240. The van der Waals surface area contributed by atoms with Gasteiger partial charge in [0.05, 0.1) is 22.3 Å². The van der Waals surface area contributed by atoms with E-state index < -0.39 is 31.0 Å². The monoisotopic (exact) mass is 455 g/mol. The van der Waals surface area contributed by atoms with E-state index in [1.54, 1.807) is 6.20 Å². The highest BCUT2D eigenvalue weighted by atomic mass is 19.3. The van der Waals surface area contributed by atoms with Crippen LogP contribution < -0.4 is 4.90 Å². The number of anilines is 1. The number of nitrogens with one attached hydrogen (secondary N) is 1. The minimum absolute atomic E-state index is 0.393. The second-order valence-electron chi connectivity index (χ2n) is 8.57. The van der Waals surface area contributed by atoms with Crippen molar-refractivity contribution in [2.75, 3.05) is 31.1 Å². The molecule has 1 aliphatic carbocycles. The summed E-state index contributed by atoms with van der Waals surface area (Å²) in [7, 11) is 1.89. The zero-order valence-corrected chi connectivity index (χ0v) is 18.3. The minimum atomic E-state index is -2.72. The Hall–Kier alpha value is -3.68. The normalized spacial score (nSPS) is 18.3. The first-order valence-electron chi connectivity index (χ1n) is 10.7. The summed E-state index contributed by atoms with van der Waals surface area (Å²) < 4.78 is 33.1. The molecule has 0 unspecified atom stereocenters. The molecule has 1 saturated carbocycles. The predicted octanol–water partition coefficient (Wildman–Crippen LogP) is 3.20. The summed E-state index contributed by atoms with van der Waals surface area (Å²) in [5.74, 6) is -1.90. The van der Waals surface area contributed by atoms with Crippen LogP contribution in [0.15, 0.2) is 18.5 Å². The molecule has 1 aliphatic heterocycles. The van der Waals surface area contributed by atoms with Crippen molar-refractivity contribution in [3.05, 3.63) is 29.8 Å². The third kappa shape index (κ3) is 3.75. The molecular weight excluding hydrogens is 432 g/mol. The summed E-state index contributed by atoms with van der Waals surface area (Å²) >= 11 is 0. The first-order valence-corrected chi connectivity index (χ1v) is 10.7. The number of nitrogens with zero attached hydrogens (tertiary/aromatic N) is 6. The fourth-order valence-corrected chi connectivity index (χ4v) is 4.38. The van der Waals surface area contributed by atoms with Crippen LogP contribution in [0.2, 0.25) is 0 Å². The molecule has 1 amide bonds. The Morgan fingerprint density at radius 2 is 2.03 bits per heavy atom. The molecule has 0 bridgehead atoms. The van der Waals surface area contributed by atoms with E-state index >= 15 is 0 Å². The van der Waals surface area contributed by atoms with E-state index in [9.17, 15) is 18.8 Å². The lowest BCUT2D eigenvalue weighted by Gasteiger charge is -2.39. The van der Waals surface area contributed by atoms with Gasteiger partial charge in [-0.25, -0.2) is 23.5 Å². The molecular formula is C22H23F2N7O2. The molecule has 9 nitrogen and oxygen atoms in total. The zero-order valence-electron chi connectivity index (χ0n) is 18.3. The van der Waals surface area contributed by atoms with Crippen LogP contribution in [-0.2, 0) is 11.8 Å². The maximum Gasteiger partial charge on any atom is 0.410 e. The second-order valence-corrected chi connectivity index (χ2v) is 8.57. The maximum absolute atomic E-state index is 13.0. The van der Waals surface area contributed by atoms with Crippen molar-refractivity contribution < 1.29 is 18.3 Å². The number of imidazole rings is 1. The summed E-state index contributed by atoms with van der Waals surface area (Å²) in [4.78, 5) is 28.1. The number of hydrogen-bond donors (Lipinski definition) is 1. The van der Waals surface area contributed by atoms with E-state index in [0.717, 1.165) is 11.5 Å². The maximum atomic E-state index is 13.0. The standard InChI is InChI=1S/C22H23F2N7O2/c1-13-27-16(12-29(13)2)19-15(11-25)18-17(3-4-26-20(18)28-19)30-5-7-31(8-6-30)21(32)33-14-9-22(23,24)10-14/h3-4,12,14H,5-10H2,1-2H3,(H,26,28). The lowest BCUT2D eigenvalue weighted by molar-refractivity contribution is -0.147. The van der Waals surface area contributed by atoms with E-state index in [2.05, 4.69) is 25.9 Å². The molecule has 0 spiro atoms. The number of carbonyl (C=O) groups excluding carboxylic acids is 1. The largest absolute Gasteiger partial charge is 0.446 e. The average Bonchev–Trinajstić information content (AvgIpc) is 3.31. The van der Waals surface area contributed by atoms with E-state index in [4.69, 9.17) is 4.74 Å². The van der Waals surface area contributed by atoms with Gasteiger partial charge in [0.25, 0.3) is 5.92 Å². The number of piperazine rings is 1. The Morgan fingerprint density at radius 1 is 1.30 bits per heavy atom. The SMILES string of the molecule is Cc1nc(-c2[nH]c3nccc(N4CCN(C(=O)OC5CC(F)(F)C5)CC4)c3c2C#N)cn1C. The molecule has 0 aromatic carbocycles. The quantitative estimate of drug-likeness (QED) is 0.651. The Morgan fingerprint density at radius 3 is 2.64 bits per heavy atom. The van der Waals surface area contributed by atoms with Crippen LogP contribution in [-0.4, -0.2) is 68.7 Å².